The van der Waals surface area contributed by atoms with Gasteiger partial charge in [-0.3, -0.25) is 9.78 Å². The SMILES string of the molecule is CCCNc1cc(C)ncc1C(=O)N(C)C(CC)CSC. The molecule has 118 valence electrons. The standard InChI is InChI=1S/C16H27N3OS/c1-6-8-17-15-9-12(3)18-10-14(15)16(20)19(4)13(7-2)11-21-5/h9-10,13H,6-8,11H2,1-5H3,(H,17,18). The molecule has 0 aliphatic heterocycles. The van der Waals surface area contributed by atoms with Gasteiger partial charge in [-0.2, -0.15) is 11.8 Å². The van der Waals surface area contributed by atoms with Crippen LogP contribution >= 0.6 is 11.8 Å². The summed E-state index contributed by atoms with van der Waals surface area (Å²) < 4.78 is 0. The maximum absolute atomic E-state index is 12.8. The van der Waals surface area contributed by atoms with Gasteiger partial charge in [0.1, 0.15) is 0 Å². The fourth-order valence-electron chi connectivity index (χ4n) is 2.19. The van der Waals surface area contributed by atoms with Gasteiger partial charge in [-0.25, -0.2) is 0 Å². The summed E-state index contributed by atoms with van der Waals surface area (Å²) >= 11 is 1.77. The first-order valence-corrected chi connectivity index (χ1v) is 8.91. The number of carbonyl (C=O) groups is 1. The number of thioether (sulfide) groups is 1. The molecule has 1 aromatic heterocycles. The zero-order valence-corrected chi connectivity index (χ0v) is 14.6. The molecule has 1 rings (SSSR count). The minimum Gasteiger partial charge on any atom is -0.384 e. The molecule has 0 spiro atoms. The highest BCUT2D eigenvalue weighted by molar-refractivity contribution is 7.98. The van der Waals surface area contributed by atoms with Crippen molar-refractivity contribution in [1.29, 1.82) is 0 Å². The molecule has 1 unspecified atom stereocenters. The third-order valence-electron chi connectivity index (χ3n) is 3.53. The van der Waals surface area contributed by atoms with Gasteiger partial charge in [0, 0.05) is 37.3 Å². The van der Waals surface area contributed by atoms with Crippen LogP contribution in [0.3, 0.4) is 0 Å². The monoisotopic (exact) mass is 309 g/mol. The highest BCUT2D eigenvalue weighted by Gasteiger charge is 2.22. The van der Waals surface area contributed by atoms with E-state index in [0.29, 0.717) is 5.56 Å². The smallest absolute Gasteiger partial charge is 0.257 e. The lowest BCUT2D eigenvalue weighted by Gasteiger charge is -2.27. The molecule has 0 fully saturated rings. The molecule has 4 nitrogen and oxygen atoms in total. The van der Waals surface area contributed by atoms with E-state index >= 15 is 0 Å². The molecule has 1 heterocycles. The van der Waals surface area contributed by atoms with Crippen molar-refractivity contribution in [3.63, 3.8) is 0 Å². The molecular weight excluding hydrogens is 282 g/mol. The van der Waals surface area contributed by atoms with E-state index in [4.69, 9.17) is 0 Å². The molecule has 0 radical (unpaired) electrons. The molecule has 1 amide bonds. The largest absolute Gasteiger partial charge is 0.384 e. The average molecular weight is 309 g/mol. The van der Waals surface area contributed by atoms with Crippen LogP contribution in [0.25, 0.3) is 0 Å². The first-order valence-electron chi connectivity index (χ1n) is 7.51. The molecule has 0 bridgehead atoms. The highest BCUT2D eigenvalue weighted by atomic mass is 32.2. The number of aryl methyl sites for hydroxylation is 1. The summed E-state index contributed by atoms with van der Waals surface area (Å²) in [5.74, 6) is 0.998. The number of pyridine rings is 1. The number of hydrogen-bond donors (Lipinski definition) is 1. The molecule has 0 saturated carbocycles. The molecule has 1 atom stereocenters. The van der Waals surface area contributed by atoms with E-state index in [9.17, 15) is 4.79 Å². The van der Waals surface area contributed by atoms with Crippen molar-refractivity contribution >= 4 is 23.4 Å². The molecule has 0 aliphatic carbocycles. The van der Waals surface area contributed by atoms with Crippen molar-refractivity contribution in [3.8, 4) is 0 Å². The fourth-order valence-corrected chi connectivity index (χ4v) is 3.03. The second kappa shape index (κ2) is 8.93. The lowest BCUT2D eigenvalue weighted by Crippen LogP contribution is -2.38. The number of carbonyl (C=O) groups excluding carboxylic acids is 1. The molecule has 21 heavy (non-hydrogen) atoms. The zero-order chi connectivity index (χ0) is 15.8. The molecule has 0 aromatic carbocycles. The Morgan fingerprint density at radius 3 is 2.76 bits per heavy atom. The Morgan fingerprint density at radius 1 is 1.48 bits per heavy atom. The Bertz CT molecular complexity index is 465. The van der Waals surface area contributed by atoms with E-state index in [0.717, 1.165) is 36.5 Å². The third kappa shape index (κ3) is 4.92. The van der Waals surface area contributed by atoms with Gasteiger partial charge < -0.3 is 10.2 Å². The van der Waals surface area contributed by atoms with Gasteiger partial charge in [0.15, 0.2) is 0 Å². The molecule has 1 aromatic rings. The van der Waals surface area contributed by atoms with Crippen molar-refractivity contribution in [2.24, 2.45) is 0 Å². The van der Waals surface area contributed by atoms with Crippen LogP contribution < -0.4 is 5.32 Å². The number of nitrogens with zero attached hydrogens (tertiary/aromatic N) is 2. The first-order chi connectivity index (χ1) is 10.0. The van der Waals surface area contributed by atoms with Gasteiger partial charge in [0.05, 0.1) is 11.3 Å². The van der Waals surface area contributed by atoms with Crippen molar-refractivity contribution in [3.05, 3.63) is 23.5 Å². The molecule has 0 aliphatic rings. The Hall–Kier alpha value is -1.23. The maximum Gasteiger partial charge on any atom is 0.257 e. The Balaban J connectivity index is 2.99. The summed E-state index contributed by atoms with van der Waals surface area (Å²) in [7, 11) is 1.89. The predicted molar refractivity (Wildman–Crippen MR) is 92.3 cm³/mol. The van der Waals surface area contributed by atoms with Crippen LogP contribution in [-0.4, -0.2) is 47.4 Å². The summed E-state index contributed by atoms with van der Waals surface area (Å²) in [6, 6.07) is 2.21. The van der Waals surface area contributed by atoms with Crippen LogP contribution in [0.2, 0.25) is 0 Å². The highest BCUT2D eigenvalue weighted by Crippen LogP contribution is 2.20. The summed E-state index contributed by atoms with van der Waals surface area (Å²) in [5.41, 5.74) is 2.47. The Morgan fingerprint density at radius 2 is 2.19 bits per heavy atom. The van der Waals surface area contributed by atoms with Crippen LogP contribution in [0, 0.1) is 6.92 Å². The number of nitrogens with one attached hydrogen (secondary N) is 1. The summed E-state index contributed by atoms with van der Waals surface area (Å²) in [4.78, 5) is 18.9. The number of rotatable bonds is 8. The van der Waals surface area contributed by atoms with Crippen LogP contribution in [-0.2, 0) is 0 Å². The second-order valence-electron chi connectivity index (χ2n) is 5.23. The van der Waals surface area contributed by atoms with Gasteiger partial charge in [0.2, 0.25) is 0 Å². The summed E-state index contributed by atoms with van der Waals surface area (Å²) in [5, 5.41) is 3.34. The topological polar surface area (TPSA) is 45.2 Å². The lowest BCUT2D eigenvalue weighted by atomic mass is 10.1. The van der Waals surface area contributed by atoms with Gasteiger partial charge in [-0.1, -0.05) is 13.8 Å². The van der Waals surface area contributed by atoms with Gasteiger partial charge in [-0.15, -0.1) is 0 Å². The number of amides is 1. The summed E-state index contributed by atoms with van der Waals surface area (Å²) in [6.07, 6.45) is 5.75. The van der Waals surface area contributed by atoms with Crippen LogP contribution in [0.5, 0.6) is 0 Å². The quantitative estimate of drug-likeness (QED) is 0.799. The minimum atomic E-state index is 0.0435. The molecule has 1 N–H and O–H groups in total. The van der Waals surface area contributed by atoms with Gasteiger partial charge in [-0.05, 0) is 32.1 Å². The number of anilines is 1. The van der Waals surface area contributed by atoms with E-state index < -0.39 is 0 Å². The van der Waals surface area contributed by atoms with E-state index in [1.165, 1.54) is 0 Å². The molecule has 5 heteroatoms. The van der Waals surface area contributed by atoms with E-state index in [2.05, 4.69) is 30.4 Å². The van der Waals surface area contributed by atoms with Crippen molar-refractivity contribution in [2.45, 2.75) is 39.7 Å². The zero-order valence-electron chi connectivity index (χ0n) is 13.8. The van der Waals surface area contributed by atoms with Gasteiger partial charge in [0.25, 0.3) is 5.91 Å². The number of aromatic nitrogens is 1. The van der Waals surface area contributed by atoms with E-state index in [1.807, 2.05) is 24.9 Å². The lowest BCUT2D eigenvalue weighted by molar-refractivity contribution is 0.0744. The Kier molecular flexibility index (Phi) is 7.57. The molecule has 0 saturated heterocycles. The second-order valence-corrected chi connectivity index (χ2v) is 6.14. The fraction of sp³-hybridized carbons (Fsp3) is 0.625. The van der Waals surface area contributed by atoms with Crippen LogP contribution in [0.1, 0.15) is 42.7 Å². The van der Waals surface area contributed by atoms with Crippen LogP contribution in [0.15, 0.2) is 12.3 Å². The molecular formula is C16H27N3OS. The number of hydrogen-bond acceptors (Lipinski definition) is 4. The van der Waals surface area contributed by atoms with Crippen molar-refractivity contribution in [1.82, 2.24) is 9.88 Å². The minimum absolute atomic E-state index is 0.0435. The maximum atomic E-state index is 12.8. The summed E-state index contributed by atoms with van der Waals surface area (Å²) in [6.45, 7) is 7.03. The van der Waals surface area contributed by atoms with Crippen LogP contribution in [0.4, 0.5) is 5.69 Å². The van der Waals surface area contributed by atoms with E-state index in [1.54, 1.807) is 18.0 Å². The normalized spacial score (nSPS) is 12.0. The third-order valence-corrected chi connectivity index (χ3v) is 4.25. The predicted octanol–water partition coefficient (Wildman–Crippen LogP) is 3.43. The van der Waals surface area contributed by atoms with Gasteiger partial charge >= 0.3 is 0 Å². The first kappa shape index (κ1) is 17.8. The van der Waals surface area contributed by atoms with E-state index in [-0.39, 0.29) is 11.9 Å². The van der Waals surface area contributed by atoms with Crippen molar-refractivity contribution in [2.75, 3.05) is 30.9 Å². The average Bonchev–Trinajstić information content (AvgIpc) is 2.49. The van der Waals surface area contributed by atoms with Crippen molar-refractivity contribution < 1.29 is 4.79 Å². The Labute approximate surface area is 132 Å².